The molecular formula is C11H13ClN2O2. The van der Waals surface area contributed by atoms with Gasteiger partial charge in [0.1, 0.15) is 0 Å². The molecule has 0 bridgehead atoms. The van der Waals surface area contributed by atoms with E-state index in [1.165, 1.54) is 6.26 Å². The molecule has 0 saturated carbocycles. The Labute approximate surface area is 98.4 Å². The predicted octanol–water partition coefficient (Wildman–Crippen LogP) is 2.25. The summed E-state index contributed by atoms with van der Waals surface area (Å²) in [6.45, 7) is 1.92. The molecule has 0 aliphatic carbocycles. The molecule has 2 heterocycles. The third kappa shape index (κ3) is 2.13. The highest BCUT2D eigenvalue weighted by Crippen LogP contribution is 2.26. The first-order valence-corrected chi connectivity index (χ1v) is 5.36. The molecule has 1 unspecified atom stereocenters. The minimum absolute atomic E-state index is 0.242. The Kier molecular flexibility index (Phi) is 3.03. The number of hydrogen-bond donors (Lipinski definition) is 1. The van der Waals surface area contributed by atoms with Crippen molar-refractivity contribution in [3.63, 3.8) is 0 Å². The average molecular weight is 241 g/mol. The number of nitrogens with zero attached hydrogens (tertiary/aromatic N) is 2. The van der Waals surface area contributed by atoms with Gasteiger partial charge in [0, 0.05) is 24.7 Å². The zero-order valence-electron chi connectivity index (χ0n) is 9.14. The number of aliphatic hydroxyl groups is 1. The van der Waals surface area contributed by atoms with Crippen molar-refractivity contribution in [3.8, 4) is 0 Å². The third-order valence-electron chi connectivity index (χ3n) is 2.51. The fourth-order valence-electron chi connectivity index (χ4n) is 1.71. The van der Waals surface area contributed by atoms with Crippen LogP contribution in [0, 0.1) is 6.92 Å². The minimum atomic E-state index is -0.666. The number of aryl methyl sites for hydroxylation is 2. The zero-order chi connectivity index (χ0) is 11.7. The lowest BCUT2D eigenvalue weighted by molar-refractivity contribution is 0.175. The maximum absolute atomic E-state index is 9.99. The Hall–Kier alpha value is -1.26. The first-order chi connectivity index (χ1) is 7.58. The molecular weight excluding hydrogens is 228 g/mol. The molecule has 0 radical (unpaired) electrons. The smallest absolute Gasteiger partial charge is 0.198 e. The van der Waals surface area contributed by atoms with E-state index in [-0.39, 0.29) is 5.22 Å². The topological polar surface area (TPSA) is 51.2 Å². The van der Waals surface area contributed by atoms with Gasteiger partial charge in [-0.2, -0.15) is 5.10 Å². The SMILES string of the molecule is Cc1cc(CC(O)c2ccoc2Cl)n(C)n1. The van der Waals surface area contributed by atoms with Crippen LogP contribution in [0.3, 0.4) is 0 Å². The lowest BCUT2D eigenvalue weighted by atomic mass is 10.1. The summed E-state index contributed by atoms with van der Waals surface area (Å²) in [5, 5.41) is 14.5. The van der Waals surface area contributed by atoms with Crippen molar-refractivity contribution in [1.82, 2.24) is 9.78 Å². The van der Waals surface area contributed by atoms with E-state index in [1.807, 2.05) is 20.0 Å². The molecule has 86 valence electrons. The summed E-state index contributed by atoms with van der Waals surface area (Å²) < 4.78 is 6.70. The average Bonchev–Trinajstić information content (AvgIpc) is 2.74. The van der Waals surface area contributed by atoms with Gasteiger partial charge in [-0.3, -0.25) is 4.68 Å². The van der Waals surface area contributed by atoms with Crippen molar-refractivity contribution in [1.29, 1.82) is 0 Å². The summed E-state index contributed by atoms with van der Waals surface area (Å²) in [7, 11) is 1.85. The van der Waals surface area contributed by atoms with Crippen molar-refractivity contribution < 1.29 is 9.52 Å². The van der Waals surface area contributed by atoms with Gasteiger partial charge in [-0.05, 0) is 30.7 Å². The Morgan fingerprint density at radius 3 is 2.88 bits per heavy atom. The summed E-state index contributed by atoms with van der Waals surface area (Å²) in [4.78, 5) is 0. The molecule has 2 aromatic rings. The van der Waals surface area contributed by atoms with Crippen LogP contribution < -0.4 is 0 Å². The van der Waals surface area contributed by atoms with Crippen molar-refractivity contribution in [2.24, 2.45) is 7.05 Å². The fraction of sp³-hybridized carbons (Fsp3) is 0.364. The third-order valence-corrected chi connectivity index (χ3v) is 2.81. The molecule has 2 rings (SSSR count). The molecule has 2 aromatic heterocycles. The highest BCUT2D eigenvalue weighted by molar-refractivity contribution is 6.29. The standard InChI is InChI=1S/C11H13ClN2O2/c1-7-5-8(14(2)13-7)6-10(15)9-3-4-16-11(9)12/h3-5,10,15H,6H2,1-2H3. The second kappa shape index (κ2) is 4.31. The van der Waals surface area contributed by atoms with E-state index in [4.69, 9.17) is 16.0 Å². The first-order valence-electron chi connectivity index (χ1n) is 4.98. The summed E-state index contributed by atoms with van der Waals surface area (Å²) >= 11 is 5.80. The Morgan fingerprint density at radius 1 is 1.62 bits per heavy atom. The zero-order valence-corrected chi connectivity index (χ0v) is 9.90. The Balaban J connectivity index is 2.16. The van der Waals surface area contributed by atoms with E-state index in [9.17, 15) is 5.11 Å². The van der Waals surface area contributed by atoms with Gasteiger partial charge in [0.25, 0.3) is 0 Å². The molecule has 0 amide bonds. The quantitative estimate of drug-likeness (QED) is 0.895. The molecule has 5 heteroatoms. The summed E-state index contributed by atoms with van der Waals surface area (Å²) in [5.41, 5.74) is 2.51. The van der Waals surface area contributed by atoms with Crippen molar-refractivity contribution >= 4 is 11.6 Å². The molecule has 0 fully saturated rings. The van der Waals surface area contributed by atoms with Crippen LogP contribution in [0.1, 0.15) is 23.1 Å². The molecule has 4 nitrogen and oxygen atoms in total. The van der Waals surface area contributed by atoms with E-state index >= 15 is 0 Å². The minimum Gasteiger partial charge on any atom is -0.453 e. The molecule has 1 atom stereocenters. The summed E-state index contributed by atoms with van der Waals surface area (Å²) in [6, 6.07) is 3.62. The molecule has 0 aliphatic heterocycles. The van der Waals surface area contributed by atoms with Gasteiger partial charge in [0.2, 0.25) is 0 Å². The number of rotatable bonds is 3. The van der Waals surface area contributed by atoms with Gasteiger partial charge in [-0.15, -0.1) is 0 Å². The molecule has 0 spiro atoms. The number of hydrogen-bond acceptors (Lipinski definition) is 3. The second-order valence-electron chi connectivity index (χ2n) is 3.77. The van der Waals surface area contributed by atoms with Gasteiger partial charge in [0.15, 0.2) is 5.22 Å². The number of aromatic nitrogens is 2. The van der Waals surface area contributed by atoms with Crippen molar-refractivity contribution in [2.75, 3.05) is 0 Å². The molecule has 1 N–H and O–H groups in total. The second-order valence-corrected chi connectivity index (χ2v) is 4.11. The summed E-state index contributed by atoms with van der Waals surface area (Å²) in [6.07, 6.45) is 1.27. The Morgan fingerprint density at radius 2 is 2.38 bits per heavy atom. The highest BCUT2D eigenvalue weighted by Gasteiger charge is 2.16. The number of aliphatic hydroxyl groups excluding tert-OH is 1. The fourth-order valence-corrected chi connectivity index (χ4v) is 1.95. The predicted molar refractivity (Wildman–Crippen MR) is 60.3 cm³/mol. The maximum Gasteiger partial charge on any atom is 0.198 e. The van der Waals surface area contributed by atoms with Crippen molar-refractivity contribution in [2.45, 2.75) is 19.4 Å². The van der Waals surface area contributed by atoms with Crippen molar-refractivity contribution in [3.05, 3.63) is 40.6 Å². The van der Waals surface area contributed by atoms with Gasteiger partial charge < -0.3 is 9.52 Å². The number of furan rings is 1. The van der Waals surface area contributed by atoms with Gasteiger partial charge in [-0.1, -0.05) is 0 Å². The normalized spacial score (nSPS) is 13.0. The van der Waals surface area contributed by atoms with Crippen LogP contribution in [0.15, 0.2) is 22.8 Å². The van der Waals surface area contributed by atoms with Gasteiger partial charge in [-0.25, -0.2) is 0 Å². The van der Waals surface area contributed by atoms with Crippen LogP contribution in [-0.2, 0) is 13.5 Å². The molecule has 16 heavy (non-hydrogen) atoms. The van der Waals surface area contributed by atoms with Gasteiger partial charge >= 0.3 is 0 Å². The van der Waals surface area contributed by atoms with E-state index < -0.39 is 6.10 Å². The van der Waals surface area contributed by atoms with Crippen LogP contribution >= 0.6 is 11.6 Å². The van der Waals surface area contributed by atoms with Crippen LogP contribution in [0.5, 0.6) is 0 Å². The van der Waals surface area contributed by atoms with Crippen LogP contribution in [0.4, 0.5) is 0 Å². The first kappa shape index (κ1) is 11.2. The lowest BCUT2D eigenvalue weighted by Gasteiger charge is -2.08. The van der Waals surface area contributed by atoms with Gasteiger partial charge in [0.05, 0.1) is 18.1 Å². The van der Waals surface area contributed by atoms with E-state index in [0.717, 1.165) is 11.4 Å². The number of halogens is 1. The highest BCUT2D eigenvalue weighted by atomic mass is 35.5. The monoisotopic (exact) mass is 240 g/mol. The lowest BCUT2D eigenvalue weighted by Crippen LogP contribution is -2.06. The summed E-state index contributed by atoms with van der Waals surface area (Å²) in [5.74, 6) is 0. The molecule has 0 saturated heterocycles. The van der Waals surface area contributed by atoms with E-state index in [0.29, 0.717) is 12.0 Å². The maximum atomic E-state index is 9.99. The van der Waals surface area contributed by atoms with Crippen LogP contribution in [0.25, 0.3) is 0 Å². The van der Waals surface area contributed by atoms with Crippen LogP contribution in [0.2, 0.25) is 5.22 Å². The van der Waals surface area contributed by atoms with Crippen LogP contribution in [-0.4, -0.2) is 14.9 Å². The largest absolute Gasteiger partial charge is 0.453 e. The Bertz CT molecular complexity index is 490. The van der Waals surface area contributed by atoms with E-state index in [1.54, 1.807) is 10.7 Å². The molecule has 0 aromatic carbocycles. The van der Waals surface area contributed by atoms with E-state index in [2.05, 4.69) is 5.10 Å². The molecule has 0 aliphatic rings.